The van der Waals surface area contributed by atoms with Crippen molar-refractivity contribution < 1.29 is 0 Å². The SMILES string of the molecule is C#CCCc1ccc(C(NCc2ccccc2)PC)cc1.CC. The van der Waals surface area contributed by atoms with Crippen LogP contribution in [0.1, 0.15) is 42.7 Å². The Morgan fingerprint density at radius 1 is 1.00 bits per heavy atom. The van der Waals surface area contributed by atoms with Crippen molar-refractivity contribution in [3.8, 4) is 12.3 Å². The zero-order valence-electron chi connectivity index (χ0n) is 14.5. The Labute approximate surface area is 143 Å². The molecule has 1 nitrogen and oxygen atoms in total. The van der Waals surface area contributed by atoms with Crippen LogP contribution in [0.3, 0.4) is 0 Å². The van der Waals surface area contributed by atoms with Gasteiger partial charge in [-0.15, -0.1) is 20.9 Å². The van der Waals surface area contributed by atoms with Gasteiger partial charge in [-0.25, -0.2) is 0 Å². The standard InChI is InChI=1S/C19H22NP.C2H6/c1-3-4-8-16-11-13-18(14-12-16)19(21-2)20-15-17-9-6-5-7-10-17;1-2/h1,5-7,9-14,19-21H,4,8,15H2,2H3;1-2H3. The van der Waals surface area contributed by atoms with E-state index in [0.29, 0.717) is 5.78 Å². The van der Waals surface area contributed by atoms with Crippen LogP contribution in [0, 0.1) is 12.3 Å². The molecule has 23 heavy (non-hydrogen) atoms. The number of benzene rings is 2. The molecule has 0 amide bonds. The molecule has 0 aliphatic rings. The molecule has 0 spiro atoms. The molecular formula is C21H28NP. The van der Waals surface area contributed by atoms with Crippen LogP contribution in [-0.2, 0) is 13.0 Å². The molecule has 2 atom stereocenters. The van der Waals surface area contributed by atoms with E-state index in [1.165, 1.54) is 16.7 Å². The lowest BCUT2D eigenvalue weighted by Gasteiger charge is -2.18. The average Bonchev–Trinajstić information content (AvgIpc) is 2.64. The predicted molar refractivity (Wildman–Crippen MR) is 105 cm³/mol. The van der Waals surface area contributed by atoms with Crippen LogP contribution in [0.15, 0.2) is 54.6 Å². The number of rotatable bonds is 7. The van der Waals surface area contributed by atoms with Gasteiger partial charge in [0.2, 0.25) is 0 Å². The minimum absolute atomic E-state index is 0.423. The summed E-state index contributed by atoms with van der Waals surface area (Å²) in [5, 5.41) is 3.64. The van der Waals surface area contributed by atoms with Crippen molar-refractivity contribution in [2.24, 2.45) is 0 Å². The minimum Gasteiger partial charge on any atom is -0.303 e. The maximum absolute atomic E-state index is 5.31. The molecule has 0 aliphatic heterocycles. The molecule has 0 radical (unpaired) electrons. The van der Waals surface area contributed by atoms with Gasteiger partial charge in [-0.2, -0.15) is 0 Å². The number of hydrogen-bond donors (Lipinski definition) is 1. The summed E-state index contributed by atoms with van der Waals surface area (Å²) in [4.78, 5) is 0. The van der Waals surface area contributed by atoms with Crippen LogP contribution in [0.5, 0.6) is 0 Å². The second kappa shape index (κ2) is 11.9. The number of hydrogen-bond acceptors (Lipinski definition) is 1. The maximum atomic E-state index is 5.31. The predicted octanol–water partition coefficient (Wildman–Crippen LogP) is 5.38. The van der Waals surface area contributed by atoms with Gasteiger partial charge in [0.15, 0.2) is 0 Å². The van der Waals surface area contributed by atoms with Crippen molar-refractivity contribution >= 4 is 8.58 Å². The molecule has 122 valence electrons. The number of nitrogens with one attached hydrogen (secondary N) is 1. The fourth-order valence-electron chi connectivity index (χ4n) is 2.30. The van der Waals surface area contributed by atoms with Crippen LogP contribution < -0.4 is 5.32 Å². The van der Waals surface area contributed by atoms with Crippen molar-refractivity contribution in [1.82, 2.24) is 5.32 Å². The van der Waals surface area contributed by atoms with Gasteiger partial charge in [-0.05, 0) is 29.8 Å². The van der Waals surface area contributed by atoms with Gasteiger partial charge in [0.25, 0.3) is 0 Å². The third-order valence-corrected chi connectivity index (χ3v) is 4.63. The summed E-state index contributed by atoms with van der Waals surface area (Å²) in [7, 11) is 0.832. The Morgan fingerprint density at radius 2 is 1.65 bits per heavy atom. The van der Waals surface area contributed by atoms with E-state index >= 15 is 0 Å². The lowest BCUT2D eigenvalue weighted by molar-refractivity contribution is 0.674. The van der Waals surface area contributed by atoms with E-state index < -0.39 is 0 Å². The monoisotopic (exact) mass is 325 g/mol. The Hall–Kier alpha value is -1.61. The van der Waals surface area contributed by atoms with E-state index in [4.69, 9.17) is 6.42 Å². The molecule has 0 bridgehead atoms. The Morgan fingerprint density at radius 3 is 2.22 bits per heavy atom. The highest BCUT2D eigenvalue weighted by atomic mass is 31.1. The Balaban J connectivity index is 0.00000127. The highest BCUT2D eigenvalue weighted by molar-refractivity contribution is 7.37. The van der Waals surface area contributed by atoms with Gasteiger partial charge in [0.1, 0.15) is 0 Å². The van der Waals surface area contributed by atoms with Gasteiger partial charge in [0, 0.05) is 18.7 Å². The van der Waals surface area contributed by atoms with Crippen molar-refractivity contribution in [1.29, 1.82) is 0 Å². The lowest BCUT2D eigenvalue weighted by atomic mass is 10.1. The Kier molecular flexibility index (Phi) is 10.0. The van der Waals surface area contributed by atoms with E-state index in [9.17, 15) is 0 Å². The Bertz CT molecular complexity index is 569. The van der Waals surface area contributed by atoms with Crippen molar-refractivity contribution in [2.75, 3.05) is 6.66 Å². The lowest BCUT2D eigenvalue weighted by Crippen LogP contribution is -2.17. The first-order chi connectivity index (χ1) is 11.3. The molecular weight excluding hydrogens is 297 g/mol. The van der Waals surface area contributed by atoms with Gasteiger partial charge in [0.05, 0.1) is 0 Å². The fraction of sp³-hybridized carbons (Fsp3) is 0.333. The molecule has 0 saturated carbocycles. The van der Waals surface area contributed by atoms with Crippen LogP contribution in [0.25, 0.3) is 0 Å². The van der Waals surface area contributed by atoms with E-state index in [-0.39, 0.29) is 0 Å². The van der Waals surface area contributed by atoms with E-state index in [1.54, 1.807) is 0 Å². The zero-order valence-corrected chi connectivity index (χ0v) is 15.5. The van der Waals surface area contributed by atoms with E-state index in [1.807, 2.05) is 13.8 Å². The first-order valence-electron chi connectivity index (χ1n) is 8.30. The molecule has 2 aromatic rings. The third-order valence-electron chi connectivity index (χ3n) is 3.51. The molecule has 0 aromatic heterocycles. The summed E-state index contributed by atoms with van der Waals surface area (Å²) in [5.41, 5.74) is 4.00. The molecule has 0 saturated heterocycles. The van der Waals surface area contributed by atoms with Crippen molar-refractivity contribution in [3.63, 3.8) is 0 Å². The summed E-state index contributed by atoms with van der Waals surface area (Å²) >= 11 is 0. The molecule has 0 heterocycles. The molecule has 2 rings (SSSR count). The highest BCUT2D eigenvalue weighted by Crippen LogP contribution is 2.29. The normalized spacial score (nSPS) is 11.6. The summed E-state index contributed by atoms with van der Waals surface area (Å²) in [6, 6.07) is 19.4. The highest BCUT2D eigenvalue weighted by Gasteiger charge is 2.08. The van der Waals surface area contributed by atoms with Crippen molar-refractivity contribution in [3.05, 3.63) is 71.3 Å². The first kappa shape index (κ1) is 19.4. The second-order valence-corrected chi connectivity index (χ2v) is 6.19. The van der Waals surface area contributed by atoms with Crippen LogP contribution in [0.2, 0.25) is 0 Å². The molecule has 0 fully saturated rings. The summed E-state index contributed by atoms with van der Waals surface area (Å²) in [6.07, 6.45) is 7.09. The van der Waals surface area contributed by atoms with E-state index in [2.05, 4.69) is 72.5 Å². The molecule has 2 heteroatoms. The van der Waals surface area contributed by atoms with Gasteiger partial charge >= 0.3 is 0 Å². The number of aryl methyl sites for hydroxylation is 1. The first-order valence-corrected chi connectivity index (χ1v) is 9.88. The maximum Gasteiger partial charge on any atom is 0.0492 e. The van der Waals surface area contributed by atoms with Crippen LogP contribution in [-0.4, -0.2) is 6.66 Å². The fourth-order valence-corrected chi connectivity index (χ4v) is 3.13. The summed E-state index contributed by atoms with van der Waals surface area (Å²) < 4.78 is 0. The zero-order chi connectivity index (χ0) is 16.9. The molecule has 2 aromatic carbocycles. The second-order valence-electron chi connectivity index (χ2n) is 5.03. The van der Waals surface area contributed by atoms with Gasteiger partial charge in [-0.3, -0.25) is 0 Å². The van der Waals surface area contributed by atoms with Gasteiger partial charge < -0.3 is 5.32 Å². The smallest absolute Gasteiger partial charge is 0.0492 e. The van der Waals surface area contributed by atoms with Gasteiger partial charge in [-0.1, -0.05) is 68.4 Å². The average molecular weight is 325 g/mol. The van der Waals surface area contributed by atoms with Crippen molar-refractivity contribution in [2.45, 2.75) is 39.0 Å². The summed E-state index contributed by atoms with van der Waals surface area (Å²) in [5.74, 6) is 3.12. The minimum atomic E-state index is 0.423. The largest absolute Gasteiger partial charge is 0.303 e. The quantitative estimate of drug-likeness (QED) is 0.532. The van der Waals surface area contributed by atoms with E-state index in [0.717, 1.165) is 28.0 Å². The molecule has 1 N–H and O–H groups in total. The summed E-state index contributed by atoms with van der Waals surface area (Å²) in [6.45, 7) is 7.15. The van der Waals surface area contributed by atoms with Crippen LogP contribution in [0.4, 0.5) is 0 Å². The van der Waals surface area contributed by atoms with Crippen LogP contribution >= 0.6 is 8.58 Å². The molecule has 0 aliphatic carbocycles. The number of terminal acetylenes is 1. The third kappa shape index (κ3) is 7.00. The molecule has 2 unspecified atom stereocenters. The topological polar surface area (TPSA) is 12.0 Å².